The lowest BCUT2D eigenvalue weighted by atomic mass is 9.70. The van der Waals surface area contributed by atoms with Crippen LogP contribution in [0.4, 0.5) is 0 Å². The van der Waals surface area contributed by atoms with Crippen LogP contribution in [0.5, 0.6) is 0 Å². The first kappa shape index (κ1) is 17.5. The molecule has 3 unspecified atom stereocenters. The van der Waals surface area contributed by atoms with E-state index in [0.29, 0.717) is 5.92 Å². The minimum atomic E-state index is -0.611. The van der Waals surface area contributed by atoms with E-state index >= 15 is 0 Å². The molecule has 0 bridgehead atoms. The minimum Gasteiger partial charge on any atom is -0.389 e. The monoisotopic (exact) mass is 303 g/mol. The molecule has 2 N–H and O–H groups in total. The number of piperidine rings is 1. The second-order valence-electron chi connectivity index (χ2n) is 7.12. The van der Waals surface area contributed by atoms with Crippen LogP contribution in [0.3, 0.4) is 0 Å². The van der Waals surface area contributed by atoms with Crippen molar-refractivity contribution in [3.8, 4) is 0 Å². The van der Waals surface area contributed by atoms with Gasteiger partial charge in [-0.2, -0.15) is 0 Å². The zero-order valence-corrected chi connectivity index (χ0v) is 14.3. The maximum absolute atomic E-state index is 11.6. The summed E-state index contributed by atoms with van der Waals surface area (Å²) in [5, 5.41) is 15.1. The van der Waals surface area contributed by atoms with Crippen molar-refractivity contribution >= 4 is 0 Å². The van der Waals surface area contributed by atoms with Gasteiger partial charge in [0.05, 0.1) is 5.60 Å². The maximum atomic E-state index is 11.6. The molecular formula is C20H33NO. The summed E-state index contributed by atoms with van der Waals surface area (Å²) >= 11 is 0. The first-order chi connectivity index (χ1) is 10.7. The smallest absolute Gasteiger partial charge is 0.0784 e. The van der Waals surface area contributed by atoms with Crippen LogP contribution in [0.25, 0.3) is 0 Å². The fourth-order valence-corrected chi connectivity index (χ4v) is 3.75. The lowest BCUT2D eigenvalue weighted by Crippen LogP contribution is -2.50. The molecule has 0 aromatic carbocycles. The lowest BCUT2D eigenvalue weighted by molar-refractivity contribution is -0.0580. The topological polar surface area (TPSA) is 32.3 Å². The molecule has 2 rings (SSSR count). The maximum Gasteiger partial charge on any atom is 0.0784 e. The Kier molecular flexibility index (Phi) is 6.91. The van der Waals surface area contributed by atoms with Gasteiger partial charge >= 0.3 is 0 Å². The van der Waals surface area contributed by atoms with Crippen molar-refractivity contribution in [2.24, 2.45) is 17.8 Å². The van der Waals surface area contributed by atoms with Crippen molar-refractivity contribution in [3.63, 3.8) is 0 Å². The second-order valence-corrected chi connectivity index (χ2v) is 7.12. The quantitative estimate of drug-likeness (QED) is 0.737. The van der Waals surface area contributed by atoms with Crippen molar-refractivity contribution in [2.45, 2.75) is 58.0 Å². The molecule has 0 radical (unpaired) electrons. The fourth-order valence-electron chi connectivity index (χ4n) is 3.75. The van der Waals surface area contributed by atoms with Crippen LogP contribution in [0, 0.1) is 17.8 Å². The van der Waals surface area contributed by atoms with E-state index in [1.54, 1.807) is 0 Å². The molecule has 0 saturated carbocycles. The third kappa shape index (κ3) is 4.57. The molecule has 1 aliphatic carbocycles. The van der Waals surface area contributed by atoms with E-state index in [2.05, 4.69) is 55.6 Å². The van der Waals surface area contributed by atoms with Crippen LogP contribution >= 0.6 is 0 Å². The lowest BCUT2D eigenvalue weighted by Gasteiger charge is -2.42. The van der Waals surface area contributed by atoms with Crippen LogP contribution in [0.2, 0.25) is 0 Å². The van der Waals surface area contributed by atoms with Crippen LogP contribution in [-0.4, -0.2) is 23.8 Å². The Hall–Kier alpha value is -0.860. The van der Waals surface area contributed by atoms with Gasteiger partial charge in [0.25, 0.3) is 0 Å². The van der Waals surface area contributed by atoms with Gasteiger partial charge in [0.2, 0.25) is 0 Å². The van der Waals surface area contributed by atoms with E-state index in [1.807, 2.05) is 0 Å². The molecule has 1 fully saturated rings. The van der Waals surface area contributed by atoms with Crippen molar-refractivity contribution in [3.05, 3.63) is 36.5 Å². The summed E-state index contributed by atoms with van der Waals surface area (Å²) in [4.78, 5) is 0. The van der Waals surface area contributed by atoms with Crippen LogP contribution < -0.4 is 5.32 Å². The van der Waals surface area contributed by atoms with E-state index < -0.39 is 5.60 Å². The third-order valence-corrected chi connectivity index (χ3v) is 5.52. The van der Waals surface area contributed by atoms with Gasteiger partial charge in [-0.05, 0) is 31.7 Å². The molecule has 22 heavy (non-hydrogen) atoms. The molecule has 2 heteroatoms. The molecule has 3 atom stereocenters. The summed E-state index contributed by atoms with van der Waals surface area (Å²) in [6.45, 7) is 6.61. The average molecular weight is 303 g/mol. The van der Waals surface area contributed by atoms with Gasteiger partial charge in [-0.1, -0.05) is 69.6 Å². The van der Waals surface area contributed by atoms with Crippen LogP contribution in [0.15, 0.2) is 36.5 Å². The number of nitrogens with one attached hydrogen (secondary N) is 1. The second kappa shape index (κ2) is 8.69. The third-order valence-electron chi connectivity index (χ3n) is 5.52. The molecule has 1 saturated heterocycles. The molecule has 2 nitrogen and oxygen atoms in total. The summed E-state index contributed by atoms with van der Waals surface area (Å²) in [5.74, 6) is 1.25. The fraction of sp³-hybridized carbons (Fsp3) is 0.700. The van der Waals surface area contributed by atoms with Crippen molar-refractivity contribution < 1.29 is 5.11 Å². The Morgan fingerprint density at radius 3 is 2.55 bits per heavy atom. The van der Waals surface area contributed by atoms with E-state index in [9.17, 15) is 5.11 Å². The Morgan fingerprint density at radius 2 is 1.95 bits per heavy atom. The highest BCUT2D eigenvalue weighted by atomic mass is 16.3. The predicted octanol–water partition coefficient (Wildman–Crippen LogP) is 4.23. The van der Waals surface area contributed by atoms with Gasteiger partial charge in [-0.25, -0.2) is 0 Å². The molecule has 1 aliphatic heterocycles. The summed E-state index contributed by atoms with van der Waals surface area (Å²) < 4.78 is 0. The Balaban J connectivity index is 2.08. The minimum absolute atomic E-state index is 0.129. The van der Waals surface area contributed by atoms with Gasteiger partial charge in [0.1, 0.15) is 0 Å². The summed E-state index contributed by atoms with van der Waals surface area (Å²) in [6.07, 6.45) is 19.4. The first-order valence-corrected chi connectivity index (χ1v) is 9.11. The number of hydrogen-bond donors (Lipinski definition) is 2. The van der Waals surface area contributed by atoms with Crippen molar-refractivity contribution in [2.75, 3.05) is 13.1 Å². The highest BCUT2D eigenvalue weighted by Gasteiger charge is 2.41. The van der Waals surface area contributed by atoms with Gasteiger partial charge in [-0.3, -0.25) is 0 Å². The number of allylic oxidation sites excluding steroid dienone is 4. The van der Waals surface area contributed by atoms with Crippen molar-refractivity contribution in [1.82, 2.24) is 5.32 Å². The van der Waals surface area contributed by atoms with Gasteiger partial charge in [-0.15, -0.1) is 0 Å². The molecule has 0 amide bonds. The molecule has 0 aromatic heterocycles. The van der Waals surface area contributed by atoms with Crippen LogP contribution in [-0.2, 0) is 0 Å². The van der Waals surface area contributed by atoms with Gasteiger partial charge in [0.15, 0.2) is 0 Å². The summed E-state index contributed by atoms with van der Waals surface area (Å²) in [7, 11) is 0. The Labute approximate surface area is 136 Å². The Morgan fingerprint density at radius 1 is 1.23 bits per heavy atom. The molecular weight excluding hydrogens is 270 g/mol. The first-order valence-electron chi connectivity index (χ1n) is 9.11. The van der Waals surface area contributed by atoms with E-state index in [4.69, 9.17) is 0 Å². The Bertz CT molecular complexity index is 390. The number of hydrogen-bond acceptors (Lipinski definition) is 2. The van der Waals surface area contributed by atoms with Gasteiger partial charge < -0.3 is 10.4 Å². The SMILES string of the molecule is CCC(C)CCCC(O)(C1C=CC=CC=C1)C1CCCNC1. The zero-order chi connectivity index (χ0) is 15.8. The summed E-state index contributed by atoms with van der Waals surface area (Å²) in [5.41, 5.74) is -0.611. The summed E-state index contributed by atoms with van der Waals surface area (Å²) in [6, 6.07) is 0. The van der Waals surface area contributed by atoms with E-state index in [0.717, 1.165) is 38.3 Å². The average Bonchev–Trinajstić information content (AvgIpc) is 2.85. The van der Waals surface area contributed by atoms with Crippen LogP contribution in [0.1, 0.15) is 52.4 Å². The largest absolute Gasteiger partial charge is 0.389 e. The molecule has 2 aliphatic rings. The number of rotatable bonds is 7. The number of aliphatic hydroxyl groups is 1. The molecule has 0 spiro atoms. The van der Waals surface area contributed by atoms with E-state index in [1.165, 1.54) is 19.3 Å². The molecule has 124 valence electrons. The predicted molar refractivity (Wildman–Crippen MR) is 94.8 cm³/mol. The standard InChI is InChI=1S/C20H33NO/c1-3-17(2)10-8-14-20(22,19-13-9-15-21-16-19)18-11-6-4-5-7-12-18/h4-7,11-12,17-19,21-22H,3,8-10,13-16H2,1-2H3. The molecule has 0 aromatic rings. The molecule has 1 heterocycles. The highest BCUT2D eigenvalue weighted by molar-refractivity contribution is 5.23. The highest BCUT2D eigenvalue weighted by Crippen LogP contribution is 2.38. The van der Waals surface area contributed by atoms with E-state index in [-0.39, 0.29) is 5.92 Å². The van der Waals surface area contributed by atoms with Gasteiger partial charge in [0, 0.05) is 18.4 Å². The normalized spacial score (nSPS) is 26.6. The zero-order valence-electron chi connectivity index (χ0n) is 14.3. The van der Waals surface area contributed by atoms with Crippen molar-refractivity contribution in [1.29, 1.82) is 0 Å².